The molecule has 0 rings (SSSR count). The van der Waals surface area contributed by atoms with Gasteiger partial charge < -0.3 is 4.74 Å². The van der Waals surface area contributed by atoms with Gasteiger partial charge in [0.2, 0.25) is 3.79 Å². The first-order chi connectivity index (χ1) is 5.13. The van der Waals surface area contributed by atoms with Gasteiger partial charge in [-0.2, -0.15) is 0 Å². The fourth-order valence-electron chi connectivity index (χ4n) is 0.274. The average molecular weight is 363 g/mol. The maximum absolute atomic E-state index is 11.0. The summed E-state index contributed by atoms with van der Waals surface area (Å²) < 4.78 is 2.14. The lowest BCUT2D eigenvalue weighted by atomic mass is 10.5. The fourth-order valence-corrected chi connectivity index (χ4v) is 0.667. The summed E-state index contributed by atoms with van der Waals surface area (Å²) in [6.45, 7) is 1.29. The van der Waals surface area contributed by atoms with Gasteiger partial charge in [0.1, 0.15) is 6.61 Å². The van der Waals surface area contributed by atoms with E-state index in [2.05, 4.69) is 36.6 Å². The predicted molar refractivity (Wildman–Crippen MR) is 57.5 cm³/mol. The van der Waals surface area contributed by atoms with Crippen LogP contribution >= 0.6 is 66.7 Å². The Morgan fingerprint density at radius 3 is 2.08 bits per heavy atom. The van der Waals surface area contributed by atoms with Crippen LogP contribution in [0.15, 0.2) is 0 Å². The minimum atomic E-state index is -1.57. The maximum atomic E-state index is 11.0. The van der Waals surface area contributed by atoms with Gasteiger partial charge in [-0.1, -0.05) is 66.7 Å². The number of rotatable bonds is 2. The van der Waals surface area contributed by atoms with Gasteiger partial charge in [-0.25, -0.2) is 4.79 Å². The van der Waals surface area contributed by atoms with Gasteiger partial charge in [-0.3, -0.25) is 0 Å². The Morgan fingerprint density at radius 1 is 1.42 bits per heavy atom. The van der Waals surface area contributed by atoms with E-state index in [1.54, 1.807) is 6.92 Å². The van der Waals surface area contributed by atoms with E-state index in [9.17, 15) is 4.79 Å². The normalized spacial score (nSPS) is 12.8. The van der Waals surface area contributed by atoms with Crippen molar-refractivity contribution in [1.29, 1.82) is 0 Å². The monoisotopic (exact) mass is 360 g/mol. The van der Waals surface area contributed by atoms with Crippen molar-refractivity contribution in [2.24, 2.45) is 0 Å². The molecule has 2 nitrogen and oxygen atoms in total. The fraction of sp³-hybridized carbons (Fsp3) is 0.800. The first-order valence-corrected chi connectivity index (χ1v) is 5.47. The molecule has 72 valence electrons. The van der Waals surface area contributed by atoms with E-state index < -0.39 is 13.0 Å². The van der Waals surface area contributed by atoms with E-state index in [0.29, 0.717) is 0 Å². The van der Waals surface area contributed by atoms with Crippen LogP contribution < -0.4 is 0 Å². The van der Waals surface area contributed by atoms with Gasteiger partial charge in [0.15, 0.2) is 3.23 Å². The first kappa shape index (κ1) is 13.3. The van der Waals surface area contributed by atoms with Crippen LogP contribution in [0.25, 0.3) is 0 Å². The molecule has 0 fully saturated rings. The van der Waals surface area contributed by atoms with E-state index in [1.165, 1.54) is 0 Å². The third kappa shape index (κ3) is 6.78. The molecule has 12 heavy (non-hydrogen) atoms. The largest absolute Gasteiger partial charge is 0.459 e. The molecule has 0 saturated heterocycles. The number of carbonyl (C=O) groups is 1. The third-order valence-corrected chi connectivity index (χ3v) is 1.70. The molecule has 0 unspecified atom stereocenters. The lowest BCUT2D eigenvalue weighted by Crippen LogP contribution is -2.27. The molecule has 0 bridgehead atoms. The second-order valence-corrected chi connectivity index (χ2v) is 8.83. The van der Waals surface area contributed by atoms with Gasteiger partial charge >= 0.3 is 5.97 Å². The molecule has 0 radical (unpaired) electrons. The molecule has 0 aromatic carbocycles. The van der Waals surface area contributed by atoms with Crippen molar-refractivity contribution >= 4 is 72.6 Å². The third-order valence-electron chi connectivity index (χ3n) is 0.725. The molecular formula is C5H5Br2Cl3O2. The van der Waals surface area contributed by atoms with E-state index >= 15 is 0 Å². The molecule has 0 heterocycles. The number of hydrogen-bond acceptors (Lipinski definition) is 2. The van der Waals surface area contributed by atoms with Gasteiger partial charge in [0.25, 0.3) is 0 Å². The lowest BCUT2D eigenvalue weighted by Gasteiger charge is -2.16. The van der Waals surface area contributed by atoms with Crippen LogP contribution in [0.2, 0.25) is 0 Å². The zero-order valence-corrected chi connectivity index (χ0v) is 11.4. The Balaban J connectivity index is 3.90. The van der Waals surface area contributed by atoms with Gasteiger partial charge in [-0.15, -0.1) is 0 Å². The molecule has 0 aliphatic rings. The zero-order chi connectivity index (χ0) is 9.99. The second-order valence-electron chi connectivity index (χ2n) is 2.08. The summed E-state index contributed by atoms with van der Waals surface area (Å²) in [4.78, 5) is 11.0. The molecule has 0 aliphatic carbocycles. The Morgan fingerprint density at radius 2 is 1.83 bits per heavy atom. The number of alkyl halides is 5. The number of halogens is 5. The minimum Gasteiger partial charge on any atom is -0.459 e. The lowest BCUT2D eigenvalue weighted by molar-refractivity contribution is -0.143. The Hall–Kier alpha value is 1.30. The predicted octanol–water partition coefficient (Wildman–Crippen LogP) is 3.41. The van der Waals surface area contributed by atoms with Crippen LogP contribution in [0.5, 0.6) is 0 Å². The van der Waals surface area contributed by atoms with Crippen molar-refractivity contribution in [1.82, 2.24) is 0 Å². The highest BCUT2D eigenvalue weighted by atomic mass is 79.9. The first-order valence-electron chi connectivity index (χ1n) is 2.75. The van der Waals surface area contributed by atoms with E-state index in [4.69, 9.17) is 34.8 Å². The summed E-state index contributed by atoms with van der Waals surface area (Å²) in [5, 5.41) is 0. The van der Waals surface area contributed by atoms with Crippen molar-refractivity contribution in [3.8, 4) is 0 Å². The summed E-state index contributed by atoms with van der Waals surface area (Å²) in [6, 6.07) is 0. The van der Waals surface area contributed by atoms with E-state index in [0.717, 1.165) is 0 Å². The standard InChI is InChI=1S/C5H5Br2Cl3O2/c1-4(6,7)3(11)12-2-5(8,9)10/h2H2,1H3. The molecule has 0 aliphatic heterocycles. The molecule has 0 aromatic heterocycles. The van der Waals surface area contributed by atoms with Crippen molar-refractivity contribution in [3.63, 3.8) is 0 Å². The van der Waals surface area contributed by atoms with Gasteiger partial charge in [-0.05, 0) is 6.92 Å². The van der Waals surface area contributed by atoms with Crippen LogP contribution in [0, 0.1) is 0 Å². The maximum Gasteiger partial charge on any atom is 0.333 e. The summed E-state index contributed by atoms with van der Waals surface area (Å²) in [6.07, 6.45) is 0. The van der Waals surface area contributed by atoms with E-state index in [1.807, 2.05) is 0 Å². The molecule has 7 heteroatoms. The highest BCUT2D eigenvalue weighted by molar-refractivity contribution is 9.25. The summed E-state index contributed by atoms with van der Waals surface area (Å²) in [5.74, 6) is -0.547. The Labute approximate surface area is 102 Å². The molecule has 0 N–H and O–H groups in total. The van der Waals surface area contributed by atoms with Gasteiger partial charge in [0.05, 0.1) is 0 Å². The number of carbonyl (C=O) groups excluding carboxylic acids is 1. The SMILES string of the molecule is CC(Br)(Br)C(=O)OCC(Cl)(Cl)Cl. The molecule has 0 amide bonds. The van der Waals surface area contributed by atoms with Crippen molar-refractivity contribution in [3.05, 3.63) is 0 Å². The van der Waals surface area contributed by atoms with Crippen LogP contribution in [-0.4, -0.2) is 19.6 Å². The number of hydrogen-bond donors (Lipinski definition) is 0. The molecule has 0 spiro atoms. The summed E-state index contributed by atoms with van der Waals surface area (Å²) >= 11 is 22.1. The highest BCUT2D eigenvalue weighted by Gasteiger charge is 2.31. The van der Waals surface area contributed by atoms with Gasteiger partial charge in [0, 0.05) is 0 Å². The minimum absolute atomic E-state index is 0.275. The molecule has 0 aromatic rings. The van der Waals surface area contributed by atoms with Crippen molar-refractivity contribution in [2.75, 3.05) is 6.61 Å². The van der Waals surface area contributed by atoms with Crippen LogP contribution in [0.4, 0.5) is 0 Å². The van der Waals surface area contributed by atoms with Crippen LogP contribution in [-0.2, 0) is 9.53 Å². The quantitative estimate of drug-likeness (QED) is 0.555. The van der Waals surface area contributed by atoms with Crippen molar-refractivity contribution < 1.29 is 9.53 Å². The molecule has 0 atom stereocenters. The smallest absolute Gasteiger partial charge is 0.333 e. The summed E-state index contributed by atoms with van der Waals surface area (Å²) in [5.41, 5.74) is 0. The Kier molecular flexibility index (Phi) is 5.20. The molecule has 0 saturated carbocycles. The topological polar surface area (TPSA) is 26.3 Å². The second kappa shape index (κ2) is 4.69. The average Bonchev–Trinajstić information content (AvgIpc) is 1.78. The number of ether oxygens (including phenoxy) is 1. The van der Waals surface area contributed by atoms with Crippen LogP contribution in [0.3, 0.4) is 0 Å². The summed E-state index contributed by atoms with van der Waals surface area (Å²) in [7, 11) is 0. The van der Waals surface area contributed by atoms with Crippen LogP contribution in [0.1, 0.15) is 6.92 Å². The van der Waals surface area contributed by atoms with Crippen molar-refractivity contribution in [2.45, 2.75) is 13.9 Å². The highest BCUT2D eigenvalue weighted by Crippen LogP contribution is 2.30. The molecular weight excluding hydrogens is 358 g/mol. The Bertz CT molecular complexity index is 173. The number of esters is 1. The van der Waals surface area contributed by atoms with E-state index in [-0.39, 0.29) is 6.61 Å². The zero-order valence-electron chi connectivity index (χ0n) is 5.91.